The second-order valence-corrected chi connectivity index (χ2v) is 7.73. The Morgan fingerprint density at radius 2 is 2.08 bits per heavy atom. The van der Waals surface area contributed by atoms with Gasteiger partial charge < -0.3 is 10.6 Å². The predicted molar refractivity (Wildman–Crippen MR) is 87.8 cm³/mol. The maximum Gasteiger partial charge on any atom is 0.275 e. The molecule has 5 nitrogen and oxygen atoms in total. The molecule has 1 amide bonds. The van der Waals surface area contributed by atoms with Crippen molar-refractivity contribution in [3.63, 3.8) is 0 Å². The molecule has 0 aromatic carbocycles. The quantitative estimate of drug-likeness (QED) is 0.872. The van der Waals surface area contributed by atoms with E-state index in [1.54, 1.807) is 6.08 Å². The van der Waals surface area contributed by atoms with E-state index in [1.807, 2.05) is 13.8 Å². The summed E-state index contributed by atoms with van der Waals surface area (Å²) in [6, 6.07) is 0.636. The number of rotatable bonds is 2. The van der Waals surface area contributed by atoms with Crippen LogP contribution in [0.25, 0.3) is 0 Å². The molecule has 1 fully saturated rings. The van der Waals surface area contributed by atoms with E-state index in [0.29, 0.717) is 25.5 Å². The number of likely N-dealkylation sites (tertiary alicyclic amines) is 1. The van der Waals surface area contributed by atoms with Crippen LogP contribution in [0, 0.1) is 16.6 Å². The van der Waals surface area contributed by atoms with Crippen molar-refractivity contribution in [1.82, 2.24) is 9.88 Å². The molecule has 2 heterocycles. The zero-order valence-electron chi connectivity index (χ0n) is 14.6. The van der Waals surface area contributed by atoms with Gasteiger partial charge in [0.15, 0.2) is 17.3 Å². The molecule has 3 rings (SSSR count). The van der Waals surface area contributed by atoms with Crippen molar-refractivity contribution in [1.29, 1.82) is 0 Å². The smallest absolute Gasteiger partial charge is 0.275 e. The molecule has 0 bridgehead atoms. The molecule has 26 heavy (non-hydrogen) atoms. The van der Waals surface area contributed by atoms with E-state index >= 15 is 0 Å². The Balaban J connectivity index is 1.83. The Bertz CT molecular complexity index is 807. The number of nitrogens with zero attached hydrogens (tertiary/aromatic N) is 2. The van der Waals surface area contributed by atoms with Crippen LogP contribution in [-0.4, -0.2) is 34.7 Å². The van der Waals surface area contributed by atoms with Crippen LogP contribution >= 0.6 is 0 Å². The number of carbonyl (C=O) groups excluding carboxylic acids is 2. The number of allylic oxidation sites excluding steroid dienone is 1. The van der Waals surface area contributed by atoms with Gasteiger partial charge >= 0.3 is 0 Å². The van der Waals surface area contributed by atoms with Crippen molar-refractivity contribution in [3.8, 4) is 0 Å². The molecular weight excluding hydrogens is 347 g/mol. The molecule has 1 aliphatic heterocycles. The maximum absolute atomic E-state index is 14.1. The lowest BCUT2D eigenvalue weighted by Crippen LogP contribution is -2.42. The summed E-state index contributed by atoms with van der Waals surface area (Å²) >= 11 is 0. The fourth-order valence-electron chi connectivity index (χ4n) is 4.01. The molecule has 0 radical (unpaired) electrons. The fourth-order valence-corrected chi connectivity index (χ4v) is 4.01. The first-order chi connectivity index (χ1) is 12.0. The number of halogens is 3. The van der Waals surface area contributed by atoms with E-state index in [2.05, 4.69) is 4.98 Å². The van der Waals surface area contributed by atoms with Crippen molar-refractivity contribution in [3.05, 3.63) is 41.1 Å². The number of nitrogens with two attached hydrogens (primary N) is 1. The van der Waals surface area contributed by atoms with Crippen LogP contribution in [0.15, 0.2) is 24.0 Å². The van der Waals surface area contributed by atoms with Gasteiger partial charge in [0.2, 0.25) is 0 Å². The molecule has 1 unspecified atom stereocenters. The van der Waals surface area contributed by atoms with Gasteiger partial charge in [0.25, 0.3) is 12.3 Å². The molecule has 1 spiro atoms. The van der Waals surface area contributed by atoms with Crippen LogP contribution in [0.1, 0.15) is 49.2 Å². The second kappa shape index (κ2) is 6.10. The highest BCUT2D eigenvalue weighted by atomic mass is 19.3. The van der Waals surface area contributed by atoms with Crippen molar-refractivity contribution in [2.75, 3.05) is 13.1 Å². The first-order valence-electron chi connectivity index (χ1n) is 8.31. The minimum absolute atomic E-state index is 0.122. The highest BCUT2D eigenvalue weighted by molar-refractivity contribution is 5.99. The summed E-state index contributed by atoms with van der Waals surface area (Å²) in [5.74, 6) is -1.84. The Morgan fingerprint density at radius 1 is 1.38 bits per heavy atom. The molecule has 8 heteroatoms. The van der Waals surface area contributed by atoms with Crippen LogP contribution in [0.5, 0.6) is 0 Å². The number of amides is 1. The van der Waals surface area contributed by atoms with E-state index in [-0.39, 0.29) is 18.0 Å². The van der Waals surface area contributed by atoms with Gasteiger partial charge in [-0.1, -0.05) is 13.8 Å². The van der Waals surface area contributed by atoms with E-state index in [9.17, 15) is 22.8 Å². The molecule has 2 aliphatic rings. The summed E-state index contributed by atoms with van der Waals surface area (Å²) in [5, 5.41) is 0. The first-order valence-corrected chi connectivity index (χ1v) is 8.31. The van der Waals surface area contributed by atoms with E-state index < -0.39 is 40.2 Å². The minimum Gasteiger partial charge on any atom is -0.396 e. The summed E-state index contributed by atoms with van der Waals surface area (Å²) < 4.78 is 39.3. The third kappa shape index (κ3) is 3.08. The third-order valence-corrected chi connectivity index (χ3v) is 5.12. The summed E-state index contributed by atoms with van der Waals surface area (Å²) in [6.07, 6.45) is 0.785. The molecule has 1 aliphatic carbocycles. The van der Waals surface area contributed by atoms with Crippen LogP contribution in [-0.2, 0) is 4.79 Å². The Kier molecular flexibility index (Phi) is 4.32. The van der Waals surface area contributed by atoms with E-state index in [0.717, 1.165) is 6.20 Å². The van der Waals surface area contributed by atoms with Crippen LogP contribution in [0.4, 0.5) is 13.2 Å². The van der Waals surface area contributed by atoms with Crippen molar-refractivity contribution < 1.29 is 22.8 Å². The normalized spacial score (nSPS) is 25.1. The zero-order valence-corrected chi connectivity index (χ0v) is 14.6. The van der Waals surface area contributed by atoms with Gasteiger partial charge in [-0.25, -0.2) is 18.2 Å². The van der Waals surface area contributed by atoms with Crippen LogP contribution in [0.3, 0.4) is 0 Å². The number of carbonyl (C=O) groups is 2. The Labute approximate surface area is 149 Å². The average Bonchev–Trinajstić information content (AvgIpc) is 2.94. The lowest BCUT2D eigenvalue weighted by atomic mass is 9.65. The number of Topliss-reactive ketones (excluding diaryl/α,β-unsaturated/α-hetero) is 1. The molecule has 2 N–H and O–H groups in total. The summed E-state index contributed by atoms with van der Waals surface area (Å²) in [5.41, 5.74) is 3.92. The van der Waals surface area contributed by atoms with Gasteiger partial charge in [0.1, 0.15) is 0 Å². The Morgan fingerprint density at radius 3 is 2.65 bits per heavy atom. The Hall–Kier alpha value is -2.38. The van der Waals surface area contributed by atoms with Crippen molar-refractivity contribution in [2.24, 2.45) is 16.6 Å². The molecule has 1 aromatic heterocycles. The van der Waals surface area contributed by atoms with Gasteiger partial charge in [0.05, 0.1) is 5.70 Å². The summed E-state index contributed by atoms with van der Waals surface area (Å²) in [4.78, 5) is 29.8. The fraction of sp³-hybridized carbons (Fsp3) is 0.500. The summed E-state index contributed by atoms with van der Waals surface area (Å²) in [6.45, 7) is 4.25. The molecule has 1 atom stereocenters. The summed E-state index contributed by atoms with van der Waals surface area (Å²) in [7, 11) is 0. The molecule has 1 saturated heterocycles. The third-order valence-electron chi connectivity index (χ3n) is 5.12. The highest BCUT2D eigenvalue weighted by Crippen LogP contribution is 2.47. The lowest BCUT2D eigenvalue weighted by molar-refractivity contribution is -0.125. The standard InChI is InChI=1S/C18H20F3N3O2/c1-17(2)8-18(6-12(22)14(17)25)3-4-24(9-18)16(26)13-11(19)5-10(7-23-13)15(20)21/h5-7,15H,3-4,8-9,22H2,1-2H3. The predicted octanol–water partition coefficient (Wildman–Crippen LogP) is 2.83. The highest BCUT2D eigenvalue weighted by Gasteiger charge is 2.48. The zero-order chi connectivity index (χ0) is 19.3. The molecule has 140 valence electrons. The molecular formula is C18H20F3N3O2. The number of ketones is 1. The minimum atomic E-state index is -2.86. The van der Waals surface area contributed by atoms with Crippen LogP contribution in [0.2, 0.25) is 0 Å². The number of pyridine rings is 1. The van der Waals surface area contributed by atoms with Gasteiger partial charge in [-0.05, 0) is 25.0 Å². The van der Waals surface area contributed by atoms with Gasteiger partial charge in [-0.15, -0.1) is 0 Å². The number of hydrogen-bond donors (Lipinski definition) is 1. The number of hydrogen-bond acceptors (Lipinski definition) is 4. The lowest BCUT2D eigenvalue weighted by Gasteiger charge is -2.39. The average molecular weight is 367 g/mol. The van der Waals surface area contributed by atoms with Gasteiger partial charge in [-0.2, -0.15) is 0 Å². The second-order valence-electron chi connectivity index (χ2n) is 7.73. The monoisotopic (exact) mass is 367 g/mol. The first kappa shape index (κ1) is 18.4. The SMILES string of the molecule is CC1(C)CC2(C=C(N)C1=O)CCN(C(=O)c1ncc(C(F)F)cc1F)C2. The maximum atomic E-state index is 14.1. The molecule has 0 saturated carbocycles. The van der Waals surface area contributed by atoms with E-state index in [4.69, 9.17) is 5.73 Å². The topological polar surface area (TPSA) is 76.3 Å². The molecule has 1 aromatic rings. The van der Waals surface area contributed by atoms with Crippen molar-refractivity contribution in [2.45, 2.75) is 33.1 Å². The van der Waals surface area contributed by atoms with Crippen molar-refractivity contribution >= 4 is 11.7 Å². The van der Waals surface area contributed by atoms with Gasteiger partial charge in [0, 0.05) is 35.7 Å². The number of alkyl halides is 2. The van der Waals surface area contributed by atoms with Crippen LogP contribution < -0.4 is 5.73 Å². The van der Waals surface area contributed by atoms with Gasteiger partial charge in [-0.3, -0.25) is 9.59 Å². The largest absolute Gasteiger partial charge is 0.396 e. The van der Waals surface area contributed by atoms with E-state index in [1.165, 1.54) is 4.90 Å². The number of aromatic nitrogens is 1.